The molecule has 0 aliphatic heterocycles. The number of alkyl halides is 5. The van der Waals surface area contributed by atoms with Crippen LogP contribution in [-0.2, 0) is 0 Å². The molecular weight excluding hydrogens is 281 g/mol. The van der Waals surface area contributed by atoms with Crippen LogP contribution < -0.4 is 10.1 Å². The third-order valence-corrected chi connectivity index (χ3v) is 3.19. The summed E-state index contributed by atoms with van der Waals surface area (Å²) in [5, 5.41) is 2.85. The molecular formula is C13H14F5NO. The van der Waals surface area contributed by atoms with E-state index < -0.39 is 12.3 Å². The summed E-state index contributed by atoms with van der Waals surface area (Å²) in [6, 6.07) is 5.33. The van der Waals surface area contributed by atoms with Gasteiger partial charge in [-0.3, -0.25) is 0 Å². The van der Waals surface area contributed by atoms with Gasteiger partial charge in [0.15, 0.2) is 5.75 Å². The number of para-hydroxylation sites is 2. The van der Waals surface area contributed by atoms with Gasteiger partial charge in [0.2, 0.25) is 5.92 Å². The predicted molar refractivity (Wildman–Crippen MR) is 64.0 cm³/mol. The number of benzene rings is 1. The van der Waals surface area contributed by atoms with E-state index in [1.54, 1.807) is 6.07 Å². The minimum atomic E-state index is -4.78. The van der Waals surface area contributed by atoms with Crippen molar-refractivity contribution in [1.82, 2.24) is 0 Å². The molecule has 0 unspecified atom stereocenters. The number of ether oxygens (including phenoxy) is 1. The van der Waals surface area contributed by atoms with Crippen LogP contribution in [0.25, 0.3) is 0 Å². The molecule has 0 bridgehead atoms. The topological polar surface area (TPSA) is 21.3 Å². The molecule has 0 atom stereocenters. The standard InChI is InChI=1S/C13H14F5NO/c14-12(15)7-5-9(6-8-12)19-10-3-1-2-4-11(10)20-13(16,17)18/h1-4,9,19H,5-8H2. The maximum absolute atomic E-state index is 13.0. The van der Waals surface area contributed by atoms with E-state index in [0.29, 0.717) is 0 Å². The number of anilines is 1. The molecule has 7 heteroatoms. The number of halogens is 5. The molecule has 1 aromatic rings. The highest BCUT2D eigenvalue weighted by atomic mass is 19.4. The Balaban J connectivity index is 2.03. The molecule has 112 valence electrons. The molecule has 1 aliphatic carbocycles. The van der Waals surface area contributed by atoms with Crippen molar-refractivity contribution in [3.05, 3.63) is 24.3 Å². The van der Waals surface area contributed by atoms with Crippen LogP contribution in [0.5, 0.6) is 5.75 Å². The van der Waals surface area contributed by atoms with E-state index in [2.05, 4.69) is 10.1 Å². The average molecular weight is 295 g/mol. The van der Waals surface area contributed by atoms with Gasteiger partial charge < -0.3 is 10.1 Å². The van der Waals surface area contributed by atoms with Crippen molar-refractivity contribution < 1.29 is 26.7 Å². The summed E-state index contributed by atoms with van der Waals surface area (Å²) in [7, 11) is 0. The van der Waals surface area contributed by atoms with Gasteiger partial charge in [0.25, 0.3) is 0 Å². The lowest BCUT2D eigenvalue weighted by Gasteiger charge is -2.30. The van der Waals surface area contributed by atoms with E-state index in [-0.39, 0.29) is 43.2 Å². The van der Waals surface area contributed by atoms with E-state index >= 15 is 0 Å². The maximum atomic E-state index is 13.0. The van der Waals surface area contributed by atoms with Crippen LogP contribution in [0, 0.1) is 0 Å². The SMILES string of the molecule is FC1(F)CCC(Nc2ccccc2OC(F)(F)F)CC1. The Hall–Kier alpha value is -1.53. The summed E-state index contributed by atoms with van der Waals surface area (Å²) in [6.07, 6.45) is -4.86. The fourth-order valence-electron chi connectivity index (χ4n) is 2.20. The molecule has 0 spiro atoms. The van der Waals surface area contributed by atoms with Crippen molar-refractivity contribution in [2.75, 3.05) is 5.32 Å². The lowest BCUT2D eigenvalue weighted by Crippen LogP contribution is -2.32. The molecule has 1 aromatic carbocycles. The van der Waals surface area contributed by atoms with Crippen LogP contribution in [0.4, 0.5) is 27.6 Å². The van der Waals surface area contributed by atoms with Crippen molar-refractivity contribution in [1.29, 1.82) is 0 Å². The first-order chi connectivity index (χ1) is 9.25. The first-order valence-corrected chi connectivity index (χ1v) is 6.24. The number of hydrogen-bond donors (Lipinski definition) is 1. The normalized spacial score (nSPS) is 19.6. The molecule has 1 aliphatic rings. The zero-order valence-electron chi connectivity index (χ0n) is 10.5. The molecule has 1 N–H and O–H groups in total. The monoisotopic (exact) mass is 295 g/mol. The fourth-order valence-corrected chi connectivity index (χ4v) is 2.20. The van der Waals surface area contributed by atoms with Crippen molar-refractivity contribution >= 4 is 5.69 Å². The Morgan fingerprint density at radius 2 is 1.70 bits per heavy atom. The van der Waals surface area contributed by atoms with E-state index in [1.165, 1.54) is 18.2 Å². The minimum Gasteiger partial charge on any atom is -0.404 e. The van der Waals surface area contributed by atoms with Crippen molar-refractivity contribution in [2.24, 2.45) is 0 Å². The Labute approximate surface area is 112 Å². The second-order valence-electron chi connectivity index (χ2n) is 4.82. The van der Waals surface area contributed by atoms with Crippen LogP contribution in [0.15, 0.2) is 24.3 Å². The Morgan fingerprint density at radius 3 is 2.30 bits per heavy atom. The predicted octanol–water partition coefficient (Wildman–Crippen LogP) is 4.58. The zero-order chi connectivity index (χ0) is 14.8. The highest BCUT2D eigenvalue weighted by molar-refractivity contribution is 5.56. The van der Waals surface area contributed by atoms with E-state index in [1.807, 2.05) is 0 Å². The molecule has 20 heavy (non-hydrogen) atoms. The molecule has 1 fully saturated rings. The largest absolute Gasteiger partial charge is 0.573 e. The lowest BCUT2D eigenvalue weighted by molar-refractivity contribution is -0.274. The Bertz CT molecular complexity index is 450. The van der Waals surface area contributed by atoms with Crippen LogP contribution in [-0.4, -0.2) is 18.3 Å². The molecule has 0 saturated heterocycles. The molecule has 0 heterocycles. The average Bonchev–Trinajstić information content (AvgIpc) is 2.32. The molecule has 2 nitrogen and oxygen atoms in total. The number of nitrogens with one attached hydrogen (secondary N) is 1. The molecule has 0 aromatic heterocycles. The van der Waals surface area contributed by atoms with Gasteiger partial charge in [-0.2, -0.15) is 0 Å². The van der Waals surface area contributed by atoms with Gasteiger partial charge in [-0.1, -0.05) is 12.1 Å². The molecule has 1 saturated carbocycles. The van der Waals surface area contributed by atoms with Gasteiger partial charge in [0.1, 0.15) is 0 Å². The van der Waals surface area contributed by atoms with Crippen LogP contribution in [0.1, 0.15) is 25.7 Å². The molecule has 2 rings (SSSR count). The van der Waals surface area contributed by atoms with E-state index in [0.717, 1.165) is 0 Å². The first kappa shape index (κ1) is 14.9. The van der Waals surface area contributed by atoms with Crippen LogP contribution in [0.3, 0.4) is 0 Å². The first-order valence-electron chi connectivity index (χ1n) is 6.24. The highest BCUT2D eigenvalue weighted by Crippen LogP contribution is 2.36. The lowest BCUT2D eigenvalue weighted by atomic mass is 9.92. The Kier molecular flexibility index (Phi) is 4.06. The summed E-state index contributed by atoms with van der Waals surface area (Å²) in [5.74, 6) is -3.02. The second-order valence-corrected chi connectivity index (χ2v) is 4.82. The maximum Gasteiger partial charge on any atom is 0.573 e. The third-order valence-electron chi connectivity index (χ3n) is 3.19. The summed E-state index contributed by atoms with van der Waals surface area (Å²) in [5.41, 5.74) is 0.167. The van der Waals surface area contributed by atoms with Gasteiger partial charge in [-0.25, -0.2) is 8.78 Å². The quantitative estimate of drug-likeness (QED) is 0.824. The second kappa shape index (κ2) is 5.46. The van der Waals surface area contributed by atoms with E-state index in [4.69, 9.17) is 0 Å². The summed E-state index contributed by atoms with van der Waals surface area (Å²) < 4.78 is 66.7. The van der Waals surface area contributed by atoms with Gasteiger partial charge in [0.05, 0.1) is 5.69 Å². The van der Waals surface area contributed by atoms with Gasteiger partial charge in [0, 0.05) is 18.9 Å². The van der Waals surface area contributed by atoms with Gasteiger partial charge in [-0.15, -0.1) is 13.2 Å². The van der Waals surface area contributed by atoms with Crippen molar-refractivity contribution in [3.63, 3.8) is 0 Å². The van der Waals surface area contributed by atoms with Crippen LogP contribution >= 0.6 is 0 Å². The van der Waals surface area contributed by atoms with Crippen LogP contribution in [0.2, 0.25) is 0 Å². The summed E-state index contributed by atoms with van der Waals surface area (Å²) in [4.78, 5) is 0. The van der Waals surface area contributed by atoms with E-state index in [9.17, 15) is 22.0 Å². The minimum absolute atomic E-state index is 0.167. The van der Waals surface area contributed by atoms with Crippen molar-refractivity contribution in [2.45, 2.75) is 44.0 Å². The summed E-state index contributed by atoms with van der Waals surface area (Å²) >= 11 is 0. The van der Waals surface area contributed by atoms with Crippen molar-refractivity contribution in [3.8, 4) is 5.75 Å². The smallest absolute Gasteiger partial charge is 0.404 e. The summed E-state index contributed by atoms with van der Waals surface area (Å²) in [6.45, 7) is 0. The Morgan fingerprint density at radius 1 is 1.10 bits per heavy atom. The zero-order valence-corrected chi connectivity index (χ0v) is 10.5. The number of hydrogen-bond acceptors (Lipinski definition) is 2. The van der Waals surface area contributed by atoms with Gasteiger partial charge in [-0.05, 0) is 25.0 Å². The molecule has 0 radical (unpaired) electrons. The van der Waals surface area contributed by atoms with Gasteiger partial charge >= 0.3 is 6.36 Å². The fraction of sp³-hybridized carbons (Fsp3) is 0.538. The molecule has 0 amide bonds. The highest BCUT2D eigenvalue weighted by Gasteiger charge is 2.36. The third kappa shape index (κ3) is 4.25. The number of rotatable bonds is 3.